The van der Waals surface area contributed by atoms with Crippen molar-refractivity contribution in [3.05, 3.63) is 4.91 Å². The van der Waals surface area contributed by atoms with Gasteiger partial charge in [0, 0.05) is 18.9 Å². The molecule has 82 valence electrons. The third-order valence-electron chi connectivity index (χ3n) is 2.30. The molecule has 0 aromatic rings. The van der Waals surface area contributed by atoms with Gasteiger partial charge in [0.1, 0.15) is 18.6 Å². The molecule has 0 heterocycles. The molecule has 0 aliphatic heterocycles. The van der Waals surface area contributed by atoms with Crippen molar-refractivity contribution in [3.63, 3.8) is 0 Å². The summed E-state index contributed by atoms with van der Waals surface area (Å²) in [5, 5.41) is 13.4. The van der Waals surface area contributed by atoms with Crippen molar-refractivity contribution in [3.8, 4) is 0 Å². The van der Waals surface area contributed by atoms with E-state index in [0.29, 0.717) is 6.29 Å². The highest BCUT2D eigenvalue weighted by Gasteiger charge is 2.31. The maximum absolute atomic E-state index is 10.5. The van der Waals surface area contributed by atoms with Gasteiger partial charge in [-0.15, -0.1) is 0 Å². The Morgan fingerprint density at radius 3 is 2.29 bits per heavy atom. The minimum atomic E-state index is -0.986. The van der Waals surface area contributed by atoms with Crippen molar-refractivity contribution in [1.29, 1.82) is 0 Å². The Bertz CT molecular complexity index is 198. The summed E-state index contributed by atoms with van der Waals surface area (Å²) >= 11 is 0. The number of aldehydes is 1. The van der Waals surface area contributed by atoms with E-state index < -0.39 is 24.1 Å². The normalized spacial score (nSPS) is 19.9. The highest BCUT2D eigenvalue weighted by atomic mass is 16.3. The monoisotopic (exact) mass is 203 g/mol. The highest BCUT2D eigenvalue weighted by molar-refractivity contribution is 5.54. The maximum atomic E-state index is 10.5. The summed E-state index contributed by atoms with van der Waals surface area (Å²) in [6.45, 7) is 3.21. The lowest BCUT2D eigenvalue weighted by Gasteiger charge is -2.28. The fraction of sp³-hybridized carbons (Fsp3) is 0.875. The molecule has 0 amide bonds. The summed E-state index contributed by atoms with van der Waals surface area (Å²) < 4.78 is 0. The first-order chi connectivity index (χ1) is 6.45. The standard InChI is InChI=1S/C8H17N3O3/c1-5(4-12)7(10-14)6(2)8(13)11(3)9/h4-8,13H,9H2,1-3H3/t5?,6-,7+,8?/m0/s1. The van der Waals surface area contributed by atoms with Crippen molar-refractivity contribution in [2.75, 3.05) is 7.05 Å². The van der Waals surface area contributed by atoms with Gasteiger partial charge in [0.05, 0.1) is 0 Å². The molecule has 0 aliphatic carbocycles. The van der Waals surface area contributed by atoms with Crippen molar-refractivity contribution in [2.45, 2.75) is 26.1 Å². The number of aliphatic hydroxyl groups is 1. The molecule has 0 aromatic heterocycles. The lowest BCUT2D eigenvalue weighted by molar-refractivity contribution is -0.112. The number of hydrazine groups is 1. The number of hydrogen-bond acceptors (Lipinski definition) is 6. The van der Waals surface area contributed by atoms with E-state index in [1.54, 1.807) is 13.8 Å². The van der Waals surface area contributed by atoms with E-state index >= 15 is 0 Å². The molecule has 0 spiro atoms. The van der Waals surface area contributed by atoms with Crippen LogP contribution in [0.25, 0.3) is 0 Å². The molecule has 14 heavy (non-hydrogen) atoms. The van der Waals surface area contributed by atoms with Crippen LogP contribution in [0.1, 0.15) is 13.8 Å². The second-order valence-electron chi connectivity index (χ2n) is 3.53. The van der Waals surface area contributed by atoms with Crippen LogP contribution in [0.2, 0.25) is 0 Å². The number of carbonyl (C=O) groups excluding carboxylic acids is 1. The van der Waals surface area contributed by atoms with Gasteiger partial charge in [-0.3, -0.25) is 5.84 Å². The Labute approximate surface area is 83.0 Å². The molecule has 3 N–H and O–H groups in total. The molecular formula is C8H17N3O3. The van der Waals surface area contributed by atoms with E-state index in [-0.39, 0.29) is 0 Å². The van der Waals surface area contributed by atoms with Crippen molar-refractivity contribution >= 4 is 6.29 Å². The molecule has 0 saturated heterocycles. The van der Waals surface area contributed by atoms with Gasteiger partial charge in [-0.1, -0.05) is 19.0 Å². The predicted octanol–water partition coefficient (Wildman–Crippen LogP) is -0.284. The van der Waals surface area contributed by atoms with Crippen molar-refractivity contribution < 1.29 is 9.90 Å². The molecule has 0 radical (unpaired) electrons. The number of nitroso groups, excluding NO2 is 1. The molecule has 0 aromatic carbocycles. The zero-order valence-electron chi connectivity index (χ0n) is 8.62. The number of hydrogen-bond donors (Lipinski definition) is 2. The molecule has 4 atom stereocenters. The van der Waals surface area contributed by atoms with Crippen LogP contribution >= 0.6 is 0 Å². The van der Waals surface area contributed by atoms with Crippen LogP contribution in [0.5, 0.6) is 0 Å². The largest absolute Gasteiger partial charge is 0.377 e. The van der Waals surface area contributed by atoms with Crippen LogP contribution in [0, 0.1) is 16.7 Å². The average Bonchev–Trinajstić information content (AvgIpc) is 2.16. The van der Waals surface area contributed by atoms with Crippen molar-refractivity contribution in [1.82, 2.24) is 5.01 Å². The topological polar surface area (TPSA) is 96.0 Å². The number of rotatable bonds is 6. The van der Waals surface area contributed by atoms with Gasteiger partial charge in [-0.25, -0.2) is 5.01 Å². The van der Waals surface area contributed by atoms with Crippen LogP contribution in [-0.4, -0.2) is 35.7 Å². The van der Waals surface area contributed by atoms with Crippen LogP contribution < -0.4 is 5.84 Å². The minimum Gasteiger partial charge on any atom is -0.377 e. The van der Waals surface area contributed by atoms with Crippen LogP contribution in [0.15, 0.2) is 5.18 Å². The summed E-state index contributed by atoms with van der Waals surface area (Å²) in [6, 6.07) is -0.756. The Morgan fingerprint density at radius 2 is 2.00 bits per heavy atom. The smallest absolute Gasteiger partial charge is 0.125 e. The third kappa shape index (κ3) is 3.13. The third-order valence-corrected chi connectivity index (χ3v) is 2.30. The van der Waals surface area contributed by atoms with Gasteiger partial charge in [0.15, 0.2) is 0 Å². The first kappa shape index (κ1) is 13.2. The molecule has 6 nitrogen and oxygen atoms in total. The quantitative estimate of drug-likeness (QED) is 0.203. The van der Waals surface area contributed by atoms with Gasteiger partial charge in [0.25, 0.3) is 0 Å². The van der Waals surface area contributed by atoms with Gasteiger partial charge in [-0.2, -0.15) is 4.91 Å². The van der Waals surface area contributed by atoms with Gasteiger partial charge < -0.3 is 9.90 Å². The molecule has 0 bridgehead atoms. The van der Waals surface area contributed by atoms with E-state index in [1.165, 1.54) is 7.05 Å². The molecule has 2 unspecified atom stereocenters. The number of nitrogens with two attached hydrogens (primary N) is 1. The zero-order valence-corrected chi connectivity index (χ0v) is 8.62. The maximum Gasteiger partial charge on any atom is 0.125 e. The molecular weight excluding hydrogens is 186 g/mol. The van der Waals surface area contributed by atoms with Gasteiger partial charge in [0.2, 0.25) is 0 Å². The summed E-state index contributed by atoms with van der Waals surface area (Å²) in [6.07, 6.45) is -0.341. The summed E-state index contributed by atoms with van der Waals surface area (Å²) in [7, 11) is 1.48. The number of carbonyl (C=O) groups is 1. The second kappa shape index (κ2) is 5.79. The predicted molar refractivity (Wildman–Crippen MR) is 51.9 cm³/mol. The van der Waals surface area contributed by atoms with Crippen LogP contribution in [-0.2, 0) is 4.79 Å². The van der Waals surface area contributed by atoms with E-state index in [1.807, 2.05) is 0 Å². The molecule has 0 saturated carbocycles. The summed E-state index contributed by atoms with van der Waals surface area (Å²) in [5.41, 5.74) is 0. The first-order valence-electron chi connectivity index (χ1n) is 4.39. The van der Waals surface area contributed by atoms with Gasteiger partial charge >= 0.3 is 0 Å². The average molecular weight is 203 g/mol. The van der Waals surface area contributed by atoms with E-state index in [2.05, 4.69) is 5.18 Å². The first-order valence-corrected chi connectivity index (χ1v) is 4.39. The summed E-state index contributed by atoms with van der Waals surface area (Å²) in [5.74, 6) is 4.32. The fourth-order valence-corrected chi connectivity index (χ4v) is 1.30. The minimum absolute atomic E-state index is 0.484. The Morgan fingerprint density at radius 1 is 1.50 bits per heavy atom. The molecule has 0 fully saturated rings. The Hall–Kier alpha value is -0.850. The van der Waals surface area contributed by atoms with Gasteiger partial charge in [-0.05, 0) is 0 Å². The SMILES string of the molecule is CC(C=O)[C@@H](N=O)[C@H](C)C(O)N(C)N. The fourth-order valence-electron chi connectivity index (χ4n) is 1.30. The molecule has 6 heteroatoms. The van der Waals surface area contributed by atoms with E-state index in [4.69, 9.17) is 5.84 Å². The Balaban J connectivity index is 4.52. The van der Waals surface area contributed by atoms with Crippen molar-refractivity contribution in [2.24, 2.45) is 22.9 Å². The number of nitrogens with zero attached hydrogens (tertiary/aromatic N) is 2. The molecule has 0 aliphatic rings. The Kier molecular flexibility index (Phi) is 5.44. The van der Waals surface area contributed by atoms with E-state index in [0.717, 1.165) is 5.01 Å². The highest BCUT2D eigenvalue weighted by Crippen LogP contribution is 2.19. The number of aliphatic hydroxyl groups excluding tert-OH is 1. The molecule has 0 rings (SSSR count). The van der Waals surface area contributed by atoms with Crippen LogP contribution in [0.3, 0.4) is 0 Å². The lowest BCUT2D eigenvalue weighted by atomic mass is 9.91. The van der Waals surface area contributed by atoms with E-state index in [9.17, 15) is 14.8 Å². The lowest BCUT2D eigenvalue weighted by Crippen LogP contribution is -2.46. The second-order valence-corrected chi connectivity index (χ2v) is 3.53. The summed E-state index contributed by atoms with van der Waals surface area (Å²) in [4.78, 5) is 21.0. The zero-order chi connectivity index (χ0) is 11.3. The van der Waals surface area contributed by atoms with Crippen LogP contribution in [0.4, 0.5) is 0 Å².